The summed E-state index contributed by atoms with van der Waals surface area (Å²) in [6, 6.07) is 6.47. The van der Waals surface area contributed by atoms with Crippen molar-refractivity contribution in [2.75, 3.05) is 6.54 Å². The Morgan fingerprint density at radius 1 is 1.35 bits per heavy atom. The smallest absolute Gasteiger partial charge is 0.0772 e. The lowest BCUT2D eigenvalue weighted by Gasteiger charge is -2.18. The zero-order valence-corrected chi connectivity index (χ0v) is 13.7. The van der Waals surface area contributed by atoms with Gasteiger partial charge in [0.15, 0.2) is 0 Å². The van der Waals surface area contributed by atoms with Gasteiger partial charge in [-0.15, -0.1) is 5.10 Å². The maximum absolute atomic E-state index is 6.35. The van der Waals surface area contributed by atoms with E-state index < -0.39 is 0 Å². The Balaban J connectivity index is 2.21. The molecular formula is C15H20ClN3S. The molecule has 20 heavy (non-hydrogen) atoms. The maximum Gasteiger partial charge on any atom is 0.0772 e. The number of rotatable bonds is 6. The third-order valence-corrected chi connectivity index (χ3v) is 4.57. The molecule has 3 nitrogen and oxygen atoms in total. The summed E-state index contributed by atoms with van der Waals surface area (Å²) < 4.78 is 4.05. The van der Waals surface area contributed by atoms with Gasteiger partial charge in [-0.25, -0.2) is 0 Å². The van der Waals surface area contributed by atoms with Crippen molar-refractivity contribution in [3.63, 3.8) is 0 Å². The van der Waals surface area contributed by atoms with Crippen LogP contribution in [-0.2, 0) is 6.42 Å². The second-order valence-electron chi connectivity index (χ2n) is 5.03. The van der Waals surface area contributed by atoms with Crippen molar-refractivity contribution in [2.24, 2.45) is 0 Å². The molecular weight excluding hydrogens is 290 g/mol. The molecule has 1 aromatic heterocycles. The molecule has 0 bridgehead atoms. The molecule has 0 radical (unpaired) electrons. The van der Waals surface area contributed by atoms with Gasteiger partial charge >= 0.3 is 0 Å². The molecule has 0 aliphatic rings. The van der Waals surface area contributed by atoms with Gasteiger partial charge in [0.25, 0.3) is 0 Å². The largest absolute Gasteiger partial charge is 0.309 e. The highest BCUT2D eigenvalue weighted by Crippen LogP contribution is 2.27. The van der Waals surface area contributed by atoms with Gasteiger partial charge in [-0.2, -0.15) is 0 Å². The van der Waals surface area contributed by atoms with Crippen LogP contribution in [0.3, 0.4) is 0 Å². The van der Waals surface area contributed by atoms with Gasteiger partial charge in [-0.1, -0.05) is 35.1 Å². The van der Waals surface area contributed by atoms with Gasteiger partial charge in [0.1, 0.15) is 0 Å². The fourth-order valence-corrected chi connectivity index (χ4v) is 3.20. The van der Waals surface area contributed by atoms with Gasteiger partial charge in [0.05, 0.1) is 10.6 Å². The minimum Gasteiger partial charge on any atom is -0.309 e. The predicted molar refractivity (Wildman–Crippen MR) is 85.6 cm³/mol. The van der Waals surface area contributed by atoms with E-state index in [9.17, 15) is 0 Å². The topological polar surface area (TPSA) is 37.8 Å². The lowest BCUT2D eigenvalue weighted by atomic mass is 10.0. The predicted octanol–water partition coefficient (Wildman–Crippen LogP) is 4.09. The Bertz CT molecular complexity index is 568. The minimum atomic E-state index is 0.232. The molecule has 1 N–H and O–H groups in total. The monoisotopic (exact) mass is 309 g/mol. The van der Waals surface area contributed by atoms with E-state index in [1.807, 2.05) is 13.0 Å². The first-order valence-electron chi connectivity index (χ1n) is 6.89. The fraction of sp³-hybridized carbons (Fsp3) is 0.467. The fourth-order valence-electron chi connectivity index (χ4n) is 2.17. The van der Waals surface area contributed by atoms with Crippen molar-refractivity contribution < 1.29 is 0 Å². The Morgan fingerprint density at radius 3 is 2.75 bits per heavy atom. The number of hydrogen-bond acceptors (Lipinski definition) is 4. The first-order valence-corrected chi connectivity index (χ1v) is 8.04. The Morgan fingerprint density at radius 2 is 2.15 bits per heavy atom. The summed E-state index contributed by atoms with van der Waals surface area (Å²) in [5, 5.41) is 8.53. The first-order chi connectivity index (χ1) is 9.61. The summed E-state index contributed by atoms with van der Waals surface area (Å²) in [5.41, 5.74) is 3.36. The zero-order valence-electron chi connectivity index (χ0n) is 12.1. The van der Waals surface area contributed by atoms with Crippen LogP contribution in [0.5, 0.6) is 0 Å². The molecule has 5 heteroatoms. The Hall–Kier alpha value is -0.970. The molecule has 1 unspecified atom stereocenters. The van der Waals surface area contributed by atoms with Crippen molar-refractivity contribution in [1.29, 1.82) is 0 Å². The van der Waals surface area contributed by atoms with Crippen LogP contribution in [0.25, 0.3) is 0 Å². The SMILES string of the molecule is CCCNC(Cc1ccc(C)cc1Cl)c1snnc1C. The number of aryl methyl sites for hydroxylation is 2. The van der Waals surface area contributed by atoms with Crippen LogP contribution in [0.1, 0.15) is 41.1 Å². The van der Waals surface area contributed by atoms with E-state index in [2.05, 4.69) is 40.9 Å². The van der Waals surface area contributed by atoms with Crippen LogP contribution in [0.15, 0.2) is 18.2 Å². The first kappa shape index (κ1) is 15.4. The van der Waals surface area contributed by atoms with Gasteiger partial charge in [0, 0.05) is 11.1 Å². The van der Waals surface area contributed by atoms with Crippen molar-refractivity contribution >= 4 is 23.1 Å². The average Bonchev–Trinajstić information content (AvgIpc) is 2.83. The average molecular weight is 310 g/mol. The highest BCUT2D eigenvalue weighted by Gasteiger charge is 2.18. The number of hydrogen-bond donors (Lipinski definition) is 1. The van der Waals surface area contributed by atoms with Crippen LogP contribution in [0, 0.1) is 13.8 Å². The third-order valence-electron chi connectivity index (χ3n) is 3.28. The van der Waals surface area contributed by atoms with Crippen LogP contribution in [0.2, 0.25) is 5.02 Å². The summed E-state index contributed by atoms with van der Waals surface area (Å²) >= 11 is 7.82. The van der Waals surface area contributed by atoms with E-state index in [0.717, 1.165) is 30.1 Å². The van der Waals surface area contributed by atoms with E-state index in [0.29, 0.717) is 0 Å². The third kappa shape index (κ3) is 3.78. The summed E-state index contributed by atoms with van der Waals surface area (Å²) in [4.78, 5) is 1.20. The van der Waals surface area contributed by atoms with E-state index in [-0.39, 0.29) is 6.04 Å². The Labute approximate surface area is 129 Å². The molecule has 2 rings (SSSR count). The normalized spacial score (nSPS) is 12.6. The summed E-state index contributed by atoms with van der Waals surface area (Å²) in [6.07, 6.45) is 1.97. The molecule has 0 spiro atoms. The number of benzene rings is 1. The zero-order chi connectivity index (χ0) is 14.5. The van der Waals surface area contributed by atoms with Gasteiger partial charge in [-0.3, -0.25) is 0 Å². The molecule has 1 aromatic carbocycles. The second-order valence-corrected chi connectivity index (χ2v) is 6.22. The molecule has 2 aromatic rings. The standard InChI is InChI=1S/C15H20ClN3S/c1-4-7-17-14(15-11(3)18-19-20-15)9-12-6-5-10(2)8-13(12)16/h5-6,8,14,17H,4,7,9H2,1-3H3. The number of halogens is 1. The molecule has 0 amide bonds. The second kappa shape index (κ2) is 7.16. The van der Waals surface area contributed by atoms with E-state index in [1.54, 1.807) is 0 Å². The Kier molecular flexibility index (Phi) is 5.52. The number of nitrogens with one attached hydrogen (secondary N) is 1. The van der Waals surface area contributed by atoms with Crippen LogP contribution >= 0.6 is 23.1 Å². The van der Waals surface area contributed by atoms with Gasteiger partial charge < -0.3 is 5.32 Å². The molecule has 0 saturated carbocycles. The summed E-state index contributed by atoms with van der Waals surface area (Å²) in [7, 11) is 0. The van der Waals surface area contributed by atoms with Crippen LogP contribution in [0.4, 0.5) is 0 Å². The van der Waals surface area contributed by atoms with E-state index >= 15 is 0 Å². The highest BCUT2D eigenvalue weighted by atomic mass is 35.5. The van der Waals surface area contributed by atoms with Crippen molar-refractivity contribution in [3.8, 4) is 0 Å². The summed E-state index contributed by atoms with van der Waals surface area (Å²) in [6.45, 7) is 7.21. The molecule has 0 aliphatic heterocycles. The number of aromatic nitrogens is 2. The number of nitrogens with zero attached hydrogens (tertiary/aromatic N) is 2. The van der Waals surface area contributed by atoms with E-state index in [4.69, 9.17) is 11.6 Å². The minimum absolute atomic E-state index is 0.232. The molecule has 108 valence electrons. The molecule has 1 atom stereocenters. The lowest BCUT2D eigenvalue weighted by Crippen LogP contribution is -2.24. The van der Waals surface area contributed by atoms with Crippen molar-refractivity contribution in [1.82, 2.24) is 14.9 Å². The molecule has 0 aliphatic carbocycles. The van der Waals surface area contributed by atoms with Gasteiger partial charge in [-0.05, 0) is 62.0 Å². The van der Waals surface area contributed by atoms with Gasteiger partial charge in [0.2, 0.25) is 0 Å². The summed E-state index contributed by atoms with van der Waals surface area (Å²) in [5.74, 6) is 0. The van der Waals surface area contributed by atoms with Crippen LogP contribution in [-0.4, -0.2) is 16.1 Å². The van der Waals surface area contributed by atoms with Crippen LogP contribution < -0.4 is 5.32 Å². The van der Waals surface area contributed by atoms with E-state index in [1.165, 1.54) is 27.5 Å². The molecule has 0 fully saturated rings. The maximum atomic E-state index is 6.35. The molecule has 1 heterocycles. The van der Waals surface area contributed by atoms with Crippen molar-refractivity contribution in [3.05, 3.63) is 44.9 Å². The molecule has 0 saturated heterocycles. The van der Waals surface area contributed by atoms with Crippen molar-refractivity contribution in [2.45, 2.75) is 39.7 Å². The highest BCUT2D eigenvalue weighted by molar-refractivity contribution is 7.05. The lowest BCUT2D eigenvalue weighted by molar-refractivity contribution is 0.533. The quantitative estimate of drug-likeness (QED) is 0.873.